The summed E-state index contributed by atoms with van der Waals surface area (Å²) in [5, 5.41) is 22.9. The van der Waals surface area contributed by atoms with Crippen molar-refractivity contribution >= 4 is 50.9 Å². The zero-order valence-electron chi connectivity index (χ0n) is 12.0. The molecule has 0 fully saturated rings. The van der Waals surface area contributed by atoms with E-state index in [1.54, 1.807) is 24.3 Å². The number of nitro benzene ring substituents is 1. The van der Waals surface area contributed by atoms with Gasteiger partial charge in [-0.3, -0.25) is 14.9 Å². The van der Waals surface area contributed by atoms with Gasteiger partial charge in [0.1, 0.15) is 11.6 Å². The zero-order valence-corrected chi connectivity index (χ0v) is 14.3. The predicted octanol–water partition coefficient (Wildman–Crippen LogP) is 4.56. The fourth-order valence-electron chi connectivity index (χ4n) is 1.82. The Bertz CT molecular complexity index is 890. The van der Waals surface area contributed by atoms with Crippen LogP contribution >= 0.6 is 27.5 Å². The smallest absolute Gasteiger partial charge is 0.270 e. The van der Waals surface area contributed by atoms with Crippen LogP contribution in [0.25, 0.3) is 6.08 Å². The fourth-order valence-corrected chi connectivity index (χ4v) is 2.48. The number of non-ortho nitro benzene ring substituents is 1. The standard InChI is InChI=1S/C16H9BrClN3O3/c17-14-8-13(21(23)24)4-5-15(14)20-16(22)11(9-19)6-10-2-1-3-12(18)7-10/h1-8H,(H,20,22)/b11-6+. The molecule has 2 rings (SSSR count). The van der Waals surface area contributed by atoms with Crippen molar-refractivity contribution in [3.05, 3.63) is 73.2 Å². The lowest BCUT2D eigenvalue weighted by Gasteiger charge is -2.06. The minimum atomic E-state index is -0.632. The van der Waals surface area contributed by atoms with E-state index in [9.17, 15) is 20.2 Å². The molecule has 0 aliphatic heterocycles. The molecule has 24 heavy (non-hydrogen) atoms. The van der Waals surface area contributed by atoms with Crippen LogP contribution in [0.4, 0.5) is 11.4 Å². The second-order valence-electron chi connectivity index (χ2n) is 4.60. The molecule has 6 nitrogen and oxygen atoms in total. The number of nitro groups is 1. The van der Waals surface area contributed by atoms with E-state index in [1.165, 1.54) is 24.3 Å². The van der Waals surface area contributed by atoms with Gasteiger partial charge in [0.05, 0.1) is 10.6 Å². The van der Waals surface area contributed by atoms with Crippen LogP contribution < -0.4 is 5.32 Å². The third kappa shape index (κ3) is 4.41. The molecule has 0 saturated heterocycles. The Morgan fingerprint density at radius 2 is 2.08 bits per heavy atom. The average molecular weight is 407 g/mol. The molecule has 1 N–H and O–H groups in total. The van der Waals surface area contributed by atoms with Gasteiger partial charge < -0.3 is 5.32 Å². The van der Waals surface area contributed by atoms with Gasteiger partial charge in [-0.25, -0.2) is 0 Å². The average Bonchev–Trinajstić information content (AvgIpc) is 2.54. The summed E-state index contributed by atoms with van der Waals surface area (Å²) in [5.41, 5.74) is 0.687. The third-order valence-corrected chi connectivity index (χ3v) is 3.83. The van der Waals surface area contributed by atoms with E-state index in [0.29, 0.717) is 20.7 Å². The SMILES string of the molecule is N#C/C(=C\c1cccc(Cl)c1)C(=O)Nc1ccc([N+](=O)[O-])cc1Br. The summed E-state index contributed by atoms with van der Waals surface area (Å²) < 4.78 is 0.338. The molecule has 1 amide bonds. The van der Waals surface area contributed by atoms with Gasteiger partial charge in [-0.1, -0.05) is 23.7 Å². The molecule has 0 bridgehead atoms. The molecule has 0 aliphatic carbocycles. The van der Waals surface area contributed by atoms with Crippen LogP contribution in [0.15, 0.2) is 52.5 Å². The number of amides is 1. The molecule has 0 heterocycles. The van der Waals surface area contributed by atoms with Crippen LogP contribution in [0.1, 0.15) is 5.56 Å². The summed E-state index contributed by atoms with van der Waals surface area (Å²) >= 11 is 9.02. The van der Waals surface area contributed by atoms with Crippen molar-refractivity contribution in [3.63, 3.8) is 0 Å². The number of nitriles is 1. The molecular weight excluding hydrogens is 398 g/mol. The Kier molecular flexibility index (Phi) is 5.68. The Morgan fingerprint density at radius 1 is 1.33 bits per heavy atom. The van der Waals surface area contributed by atoms with Crippen molar-refractivity contribution in [2.24, 2.45) is 0 Å². The first-order chi connectivity index (χ1) is 11.4. The van der Waals surface area contributed by atoms with E-state index >= 15 is 0 Å². The summed E-state index contributed by atoms with van der Waals surface area (Å²) in [5.74, 6) is -0.632. The molecular formula is C16H9BrClN3O3. The quantitative estimate of drug-likeness (QED) is 0.348. The highest BCUT2D eigenvalue weighted by Crippen LogP contribution is 2.27. The van der Waals surface area contributed by atoms with E-state index in [0.717, 1.165) is 0 Å². The molecule has 8 heteroatoms. The van der Waals surface area contributed by atoms with Gasteiger partial charge in [0, 0.05) is 21.6 Å². The number of hydrogen-bond donors (Lipinski definition) is 1. The minimum Gasteiger partial charge on any atom is -0.320 e. The molecule has 0 saturated carbocycles. The van der Waals surface area contributed by atoms with E-state index in [4.69, 9.17) is 11.6 Å². The van der Waals surface area contributed by atoms with Gasteiger partial charge in [-0.05, 0) is 45.8 Å². The molecule has 120 valence electrons. The number of nitrogens with one attached hydrogen (secondary N) is 1. The minimum absolute atomic E-state index is 0.116. The van der Waals surface area contributed by atoms with E-state index < -0.39 is 10.8 Å². The second-order valence-corrected chi connectivity index (χ2v) is 5.89. The number of halogens is 2. The van der Waals surface area contributed by atoms with E-state index in [1.807, 2.05) is 6.07 Å². The Morgan fingerprint density at radius 3 is 2.67 bits per heavy atom. The number of rotatable bonds is 4. The van der Waals surface area contributed by atoms with Crippen LogP contribution in [0, 0.1) is 21.4 Å². The molecule has 2 aromatic rings. The lowest BCUT2D eigenvalue weighted by molar-refractivity contribution is -0.384. The van der Waals surface area contributed by atoms with Crippen molar-refractivity contribution in [2.75, 3.05) is 5.32 Å². The van der Waals surface area contributed by atoms with Crippen LogP contribution in [0.3, 0.4) is 0 Å². The maximum Gasteiger partial charge on any atom is 0.270 e. The van der Waals surface area contributed by atoms with Gasteiger partial charge >= 0.3 is 0 Å². The summed E-state index contributed by atoms with van der Waals surface area (Å²) in [6, 6.07) is 12.4. The maximum atomic E-state index is 12.2. The molecule has 0 spiro atoms. The molecule has 2 aromatic carbocycles. The fraction of sp³-hybridized carbons (Fsp3) is 0. The van der Waals surface area contributed by atoms with Gasteiger partial charge in [0.2, 0.25) is 0 Å². The van der Waals surface area contributed by atoms with Gasteiger partial charge in [0.25, 0.3) is 11.6 Å². The van der Waals surface area contributed by atoms with Crippen LogP contribution in [0.5, 0.6) is 0 Å². The lowest BCUT2D eigenvalue weighted by atomic mass is 10.1. The number of benzene rings is 2. The Balaban J connectivity index is 2.24. The first-order valence-electron chi connectivity index (χ1n) is 6.53. The monoisotopic (exact) mass is 405 g/mol. The van der Waals surface area contributed by atoms with Crippen molar-refractivity contribution in [3.8, 4) is 6.07 Å². The largest absolute Gasteiger partial charge is 0.320 e. The third-order valence-electron chi connectivity index (χ3n) is 2.94. The Labute approximate surface area is 150 Å². The lowest BCUT2D eigenvalue weighted by Crippen LogP contribution is -2.13. The normalized spacial score (nSPS) is 10.8. The van der Waals surface area contributed by atoms with E-state index in [-0.39, 0.29) is 11.3 Å². The maximum absolute atomic E-state index is 12.2. The van der Waals surface area contributed by atoms with E-state index in [2.05, 4.69) is 21.2 Å². The number of carbonyl (C=O) groups excluding carboxylic acids is 1. The van der Waals surface area contributed by atoms with Crippen LogP contribution in [0.2, 0.25) is 5.02 Å². The summed E-state index contributed by atoms with van der Waals surface area (Å²) in [6.45, 7) is 0. The molecule has 0 aliphatic rings. The number of nitrogens with zero attached hydrogens (tertiary/aromatic N) is 2. The number of carbonyl (C=O) groups is 1. The van der Waals surface area contributed by atoms with Crippen LogP contribution in [-0.4, -0.2) is 10.8 Å². The summed E-state index contributed by atoms with van der Waals surface area (Å²) in [7, 11) is 0. The van der Waals surface area contributed by atoms with Crippen molar-refractivity contribution in [1.29, 1.82) is 5.26 Å². The highest BCUT2D eigenvalue weighted by atomic mass is 79.9. The highest BCUT2D eigenvalue weighted by molar-refractivity contribution is 9.10. The number of hydrogen-bond acceptors (Lipinski definition) is 4. The van der Waals surface area contributed by atoms with Crippen LogP contribution in [-0.2, 0) is 4.79 Å². The summed E-state index contributed by atoms with van der Waals surface area (Å²) in [6.07, 6.45) is 1.40. The van der Waals surface area contributed by atoms with Gasteiger partial charge in [0.15, 0.2) is 0 Å². The first kappa shape index (κ1) is 17.7. The molecule has 0 radical (unpaired) electrons. The topological polar surface area (TPSA) is 96.0 Å². The van der Waals surface area contributed by atoms with Gasteiger partial charge in [-0.2, -0.15) is 5.26 Å². The molecule has 0 atom stereocenters. The highest BCUT2D eigenvalue weighted by Gasteiger charge is 2.14. The van der Waals surface area contributed by atoms with Crippen molar-refractivity contribution in [1.82, 2.24) is 0 Å². The molecule has 0 unspecified atom stereocenters. The summed E-state index contributed by atoms with van der Waals surface area (Å²) in [4.78, 5) is 22.4. The van der Waals surface area contributed by atoms with Gasteiger partial charge in [-0.15, -0.1) is 0 Å². The van der Waals surface area contributed by atoms with Crippen molar-refractivity contribution < 1.29 is 9.72 Å². The second kappa shape index (κ2) is 7.73. The number of anilines is 1. The molecule has 0 aromatic heterocycles. The van der Waals surface area contributed by atoms with Crippen molar-refractivity contribution in [2.45, 2.75) is 0 Å². The Hall–Kier alpha value is -2.69. The predicted molar refractivity (Wildman–Crippen MR) is 94.5 cm³/mol. The zero-order chi connectivity index (χ0) is 17.7. The first-order valence-corrected chi connectivity index (χ1v) is 7.70.